The summed E-state index contributed by atoms with van der Waals surface area (Å²) in [7, 11) is 0. The molecular weight excluding hydrogens is 270 g/mol. The van der Waals surface area contributed by atoms with Crippen LogP contribution in [0.5, 0.6) is 0 Å². The van der Waals surface area contributed by atoms with Gasteiger partial charge in [-0.2, -0.15) is 0 Å². The first-order valence-corrected chi connectivity index (χ1v) is 6.09. The van der Waals surface area contributed by atoms with E-state index in [-0.39, 0.29) is 22.6 Å². The van der Waals surface area contributed by atoms with E-state index >= 15 is 0 Å². The molecular formula is C15H11ClF2O. The van der Waals surface area contributed by atoms with Crippen LogP contribution >= 0.6 is 11.6 Å². The Morgan fingerprint density at radius 1 is 1.21 bits per heavy atom. The van der Waals surface area contributed by atoms with Crippen molar-refractivity contribution in [3.8, 4) is 0 Å². The molecule has 98 valence electrons. The maximum absolute atomic E-state index is 13.7. The van der Waals surface area contributed by atoms with Crippen molar-refractivity contribution in [2.75, 3.05) is 0 Å². The lowest BCUT2D eigenvalue weighted by Crippen LogP contribution is -2.08. The molecule has 2 aromatic rings. The molecule has 0 saturated carbocycles. The highest BCUT2D eigenvalue weighted by Gasteiger charge is 2.15. The fraction of sp³-hybridized carbons (Fsp3) is 0.133. The third-order valence-electron chi connectivity index (χ3n) is 2.81. The summed E-state index contributed by atoms with van der Waals surface area (Å²) in [5.74, 6) is -1.70. The second-order valence-electron chi connectivity index (χ2n) is 4.30. The molecule has 0 saturated heterocycles. The molecule has 19 heavy (non-hydrogen) atoms. The second-order valence-corrected chi connectivity index (χ2v) is 4.70. The summed E-state index contributed by atoms with van der Waals surface area (Å²) in [6, 6.07) is 8.75. The Kier molecular flexibility index (Phi) is 3.96. The quantitative estimate of drug-likeness (QED) is 0.764. The summed E-state index contributed by atoms with van der Waals surface area (Å²) in [4.78, 5) is 12.0. The third kappa shape index (κ3) is 2.99. The Hall–Kier alpha value is -1.74. The fourth-order valence-electron chi connectivity index (χ4n) is 1.80. The Balaban J connectivity index is 2.28. The predicted molar refractivity (Wildman–Crippen MR) is 70.6 cm³/mol. The number of hydrogen-bond donors (Lipinski definition) is 0. The van der Waals surface area contributed by atoms with Crippen LogP contribution in [0.2, 0.25) is 5.02 Å². The van der Waals surface area contributed by atoms with Crippen LogP contribution in [0, 0.1) is 18.6 Å². The predicted octanol–water partition coefficient (Wildman–Crippen LogP) is 4.35. The molecule has 0 atom stereocenters. The number of halogens is 3. The molecule has 0 aliphatic heterocycles. The molecule has 4 heteroatoms. The van der Waals surface area contributed by atoms with E-state index in [0.717, 1.165) is 5.56 Å². The first kappa shape index (κ1) is 13.7. The molecule has 0 bridgehead atoms. The Morgan fingerprint density at radius 2 is 1.95 bits per heavy atom. The number of Topliss-reactive ketones (excluding diaryl/α,β-unsaturated/α-hetero) is 1. The minimum absolute atomic E-state index is 0.0371. The van der Waals surface area contributed by atoms with Gasteiger partial charge in [0.2, 0.25) is 0 Å². The number of hydrogen-bond acceptors (Lipinski definition) is 1. The van der Waals surface area contributed by atoms with E-state index in [4.69, 9.17) is 11.6 Å². The number of aryl methyl sites for hydroxylation is 1. The SMILES string of the molecule is Cc1ccc(C(=O)Cc2cccc(Cl)c2F)c(F)c1. The van der Waals surface area contributed by atoms with Crippen LogP contribution in [0.3, 0.4) is 0 Å². The van der Waals surface area contributed by atoms with E-state index in [1.165, 1.54) is 24.3 Å². The smallest absolute Gasteiger partial charge is 0.170 e. The number of carbonyl (C=O) groups is 1. The van der Waals surface area contributed by atoms with Gasteiger partial charge in [-0.05, 0) is 36.2 Å². The maximum atomic E-state index is 13.7. The van der Waals surface area contributed by atoms with Gasteiger partial charge in [0.25, 0.3) is 0 Å². The zero-order chi connectivity index (χ0) is 14.0. The minimum atomic E-state index is -0.634. The molecule has 0 heterocycles. The highest BCUT2D eigenvalue weighted by atomic mass is 35.5. The van der Waals surface area contributed by atoms with Crippen LogP contribution in [0.25, 0.3) is 0 Å². The summed E-state index contributed by atoms with van der Waals surface area (Å²) in [6.07, 6.45) is -0.216. The van der Waals surface area contributed by atoms with Gasteiger partial charge in [0.15, 0.2) is 5.78 Å². The van der Waals surface area contributed by atoms with Crippen molar-refractivity contribution in [3.05, 3.63) is 69.7 Å². The van der Waals surface area contributed by atoms with Crippen molar-refractivity contribution in [1.82, 2.24) is 0 Å². The largest absolute Gasteiger partial charge is 0.294 e. The number of carbonyl (C=O) groups excluding carboxylic acids is 1. The number of rotatable bonds is 3. The van der Waals surface area contributed by atoms with Crippen LogP contribution in [-0.2, 0) is 6.42 Å². The summed E-state index contributed by atoms with van der Waals surface area (Å²) in [5.41, 5.74) is 0.852. The molecule has 0 unspecified atom stereocenters. The Labute approximate surface area is 114 Å². The highest BCUT2D eigenvalue weighted by Crippen LogP contribution is 2.20. The van der Waals surface area contributed by atoms with E-state index in [0.29, 0.717) is 0 Å². The van der Waals surface area contributed by atoms with E-state index in [2.05, 4.69) is 0 Å². The van der Waals surface area contributed by atoms with E-state index in [1.807, 2.05) is 0 Å². The van der Waals surface area contributed by atoms with Crippen molar-refractivity contribution in [3.63, 3.8) is 0 Å². The highest BCUT2D eigenvalue weighted by molar-refractivity contribution is 6.30. The van der Waals surface area contributed by atoms with E-state index in [9.17, 15) is 13.6 Å². The van der Waals surface area contributed by atoms with Gasteiger partial charge in [0.05, 0.1) is 10.6 Å². The first-order valence-electron chi connectivity index (χ1n) is 5.71. The van der Waals surface area contributed by atoms with Crippen molar-refractivity contribution < 1.29 is 13.6 Å². The van der Waals surface area contributed by atoms with Crippen LogP contribution in [0.4, 0.5) is 8.78 Å². The molecule has 0 fully saturated rings. The Morgan fingerprint density at radius 3 is 2.63 bits per heavy atom. The average Bonchev–Trinajstić information content (AvgIpc) is 2.34. The molecule has 2 aromatic carbocycles. The lowest BCUT2D eigenvalue weighted by Gasteiger charge is -2.06. The number of ketones is 1. The van der Waals surface area contributed by atoms with Gasteiger partial charge in [0, 0.05) is 6.42 Å². The van der Waals surface area contributed by atoms with Gasteiger partial charge in [-0.15, -0.1) is 0 Å². The Bertz CT molecular complexity index is 638. The van der Waals surface area contributed by atoms with Gasteiger partial charge >= 0.3 is 0 Å². The fourth-order valence-corrected chi connectivity index (χ4v) is 1.99. The van der Waals surface area contributed by atoms with Gasteiger partial charge in [0.1, 0.15) is 11.6 Å². The second kappa shape index (κ2) is 5.49. The standard InChI is InChI=1S/C15H11ClF2O/c1-9-5-6-11(13(17)7-9)14(19)8-10-3-2-4-12(16)15(10)18/h2-7H,8H2,1H3. The average molecular weight is 281 g/mol. The van der Waals surface area contributed by atoms with E-state index in [1.54, 1.807) is 19.1 Å². The van der Waals surface area contributed by atoms with Gasteiger partial charge in [-0.25, -0.2) is 8.78 Å². The summed E-state index contributed by atoms with van der Waals surface area (Å²) < 4.78 is 27.3. The van der Waals surface area contributed by atoms with Crippen molar-refractivity contribution in [1.29, 1.82) is 0 Å². The van der Waals surface area contributed by atoms with Crippen LogP contribution in [0.15, 0.2) is 36.4 Å². The van der Waals surface area contributed by atoms with Crippen molar-refractivity contribution in [2.45, 2.75) is 13.3 Å². The first-order chi connectivity index (χ1) is 8.99. The van der Waals surface area contributed by atoms with E-state index < -0.39 is 17.4 Å². The molecule has 0 aliphatic carbocycles. The molecule has 0 amide bonds. The van der Waals surface area contributed by atoms with Crippen molar-refractivity contribution >= 4 is 17.4 Å². The maximum Gasteiger partial charge on any atom is 0.170 e. The summed E-state index contributed by atoms with van der Waals surface area (Å²) in [5, 5.41) is -0.0466. The molecule has 0 aliphatic rings. The van der Waals surface area contributed by atoms with Gasteiger partial charge < -0.3 is 0 Å². The van der Waals surface area contributed by atoms with Crippen molar-refractivity contribution in [2.24, 2.45) is 0 Å². The van der Waals surface area contributed by atoms with Crippen LogP contribution < -0.4 is 0 Å². The van der Waals surface area contributed by atoms with Crippen LogP contribution in [0.1, 0.15) is 21.5 Å². The molecule has 2 rings (SSSR count). The lowest BCUT2D eigenvalue weighted by molar-refractivity contribution is 0.0988. The molecule has 1 nitrogen and oxygen atoms in total. The minimum Gasteiger partial charge on any atom is -0.294 e. The normalized spacial score (nSPS) is 10.5. The monoisotopic (exact) mass is 280 g/mol. The zero-order valence-corrected chi connectivity index (χ0v) is 11.0. The van der Waals surface area contributed by atoms with Crippen LogP contribution in [-0.4, -0.2) is 5.78 Å². The van der Waals surface area contributed by atoms with Gasteiger partial charge in [-0.1, -0.05) is 29.8 Å². The van der Waals surface area contributed by atoms with Gasteiger partial charge in [-0.3, -0.25) is 4.79 Å². The molecule has 0 spiro atoms. The molecule has 0 radical (unpaired) electrons. The molecule has 0 aromatic heterocycles. The zero-order valence-electron chi connectivity index (χ0n) is 10.2. The topological polar surface area (TPSA) is 17.1 Å². The summed E-state index contributed by atoms with van der Waals surface area (Å²) in [6.45, 7) is 1.73. The lowest BCUT2D eigenvalue weighted by atomic mass is 10.0. The summed E-state index contributed by atoms with van der Waals surface area (Å²) >= 11 is 5.63. The third-order valence-corrected chi connectivity index (χ3v) is 3.10. The molecule has 0 N–H and O–H groups in total. The number of benzene rings is 2.